The minimum atomic E-state index is -0.174. The van der Waals surface area contributed by atoms with Crippen molar-refractivity contribution in [3.05, 3.63) is 59.5 Å². The van der Waals surface area contributed by atoms with E-state index in [4.69, 9.17) is 0 Å². The summed E-state index contributed by atoms with van der Waals surface area (Å²) in [6, 6.07) is 11.0. The predicted octanol–water partition coefficient (Wildman–Crippen LogP) is 3.85. The molecule has 22 heavy (non-hydrogen) atoms. The molecule has 1 fully saturated rings. The number of pyridine rings is 1. The van der Waals surface area contributed by atoms with E-state index in [1.54, 1.807) is 0 Å². The van der Waals surface area contributed by atoms with Crippen LogP contribution in [0.3, 0.4) is 0 Å². The van der Waals surface area contributed by atoms with Crippen molar-refractivity contribution >= 4 is 11.8 Å². The van der Waals surface area contributed by atoms with Gasteiger partial charge in [0.2, 0.25) is 0 Å². The van der Waals surface area contributed by atoms with Crippen LogP contribution in [0.15, 0.2) is 47.6 Å². The van der Waals surface area contributed by atoms with E-state index in [0.29, 0.717) is 5.25 Å². The molecule has 1 saturated heterocycles. The summed E-state index contributed by atoms with van der Waals surface area (Å²) in [7, 11) is 0. The molecule has 2 heterocycles. The van der Waals surface area contributed by atoms with Crippen molar-refractivity contribution in [2.75, 3.05) is 13.1 Å². The Morgan fingerprint density at radius 2 is 1.86 bits per heavy atom. The van der Waals surface area contributed by atoms with E-state index in [0.717, 1.165) is 31.0 Å². The summed E-state index contributed by atoms with van der Waals surface area (Å²) >= 11 is 1.92. The highest BCUT2D eigenvalue weighted by Gasteiger charge is 2.16. The van der Waals surface area contributed by atoms with Crippen LogP contribution >= 0.6 is 11.8 Å². The molecular formula is C18H21FN2S. The molecule has 1 aliphatic rings. The van der Waals surface area contributed by atoms with Crippen LogP contribution in [0.5, 0.6) is 0 Å². The van der Waals surface area contributed by atoms with Gasteiger partial charge in [0.25, 0.3) is 0 Å². The Morgan fingerprint density at radius 3 is 2.64 bits per heavy atom. The SMILES string of the molecule is Fc1ccc(CCc2cccnc2SC2CCNCC2)cc1. The third kappa shape index (κ3) is 4.31. The molecule has 2 nitrogen and oxygen atoms in total. The first-order valence-electron chi connectivity index (χ1n) is 7.87. The normalized spacial score (nSPS) is 15.9. The van der Waals surface area contributed by atoms with Crippen molar-refractivity contribution < 1.29 is 4.39 Å². The summed E-state index contributed by atoms with van der Waals surface area (Å²) in [6.07, 6.45) is 6.17. The van der Waals surface area contributed by atoms with Crippen LogP contribution in [0.4, 0.5) is 4.39 Å². The number of halogens is 1. The largest absolute Gasteiger partial charge is 0.317 e. The quantitative estimate of drug-likeness (QED) is 0.907. The van der Waals surface area contributed by atoms with Gasteiger partial charge in [0.1, 0.15) is 5.82 Å². The second-order valence-corrected chi connectivity index (χ2v) is 6.95. The molecule has 0 aliphatic carbocycles. The number of nitrogens with one attached hydrogen (secondary N) is 1. The number of hydrogen-bond acceptors (Lipinski definition) is 3. The number of aryl methyl sites for hydroxylation is 2. The zero-order valence-corrected chi connectivity index (χ0v) is 13.4. The summed E-state index contributed by atoms with van der Waals surface area (Å²) in [4.78, 5) is 4.58. The minimum absolute atomic E-state index is 0.174. The average Bonchev–Trinajstić information content (AvgIpc) is 2.56. The summed E-state index contributed by atoms with van der Waals surface area (Å²) in [5.74, 6) is -0.174. The lowest BCUT2D eigenvalue weighted by atomic mass is 10.1. The highest BCUT2D eigenvalue weighted by molar-refractivity contribution is 7.99. The molecule has 1 aromatic carbocycles. The first-order chi connectivity index (χ1) is 10.8. The van der Waals surface area contributed by atoms with Crippen LogP contribution < -0.4 is 5.32 Å². The molecule has 1 aliphatic heterocycles. The summed E-state index contributed by atoms with van der Waals surface area (Å²) < 4.78 is 13.0. The van der Waals surface area contributed by atoms with Crippen LogP contribution in [0, 0.1) is 5.82 Å². The van der Waals surface area contributed by atoms with Crippen LogP contribution in [0.2, 0.25) is 0 Å². The molecule has 0 amide bonds. The molecule has 116 valence electrons. The first-order valence-corrected chi connectivity index (χ1v) is 8.75. The molecule has 1 aromatic heterocycles. The Kier molecular flexibility index (Phi) is 5.46. The second kappa shape index (κ2) is 7.75. The Morgan fingerprint density at radius 1 is 1.09 bits per heavy atom. The van der Waals surface area contributed by atoms with Crippen LogP contribution in [-0.4, -0.2) is 23.3 Å². The fourth-order valence-electron chi connectivity index (χ4n) is 2.72. The fraction of sp³-hybridized carbons (Fsp3) is 0.389. The lowest BCUT2D eigenvalue weighted by molar-refractivity contribution is 0.531. The summed E-state index contributed by atoms with van der Waals surface area (Å²) in [5, 5.41) is 5.23. The molecule has 4 heteroatoms. The maximum absolute atomic E-state index is 13.0. The number of thioether (sulfide) groups is 1. The second-order valence-electron chi connectivity index (χ2n) is 5.66. The highest BCUT2D eigenvalue weighted by atomic mass is 32.2. The lowest BCUT2D eigenvalue weighted by Gasteiger charge is -2.22. The Labute approximate surface area is 135 Å². The molecule has 2 aromatic rings. The Balaban J connectivity index is 1.64. The van der Waals surface area contributed by atoms with Crippen molar-refractivity contribution in [1.82, 2.24) is 10.3 Å². The average molecular weight is 316 g/mol. The maximum Gasteiger partial charge on any atom is 0.123 e. The highest BCUT2D eigenvalue weighted by Crippen LogP contribution is 2.30. The number of aromatic nitrogens is 1. The van der Waals surface area contributed by atoms with Gasteiger partial charge in [0.05, 0.1) is 5.03 Å². The molecule has 0 spiro atoms. The zero-order valence-electron chi connectivity index (χ0n) is 12.6. The zero-order chi connectivity index (χ0) is 15.2. The number of benzene rings is 1. The standard InChI is InChI=1S/C18H21FN2S/c19-16-7-4-14(5-8-16)3-6-15-2-1-11-21-18(15)22-17-9-12-20-13-10-17/h1-2,4-5,7-8,11,17,20H,3,6,9-10,12-13H2. The van der Waals surface area contributed by atoms with Crippen LogP contribution in [0.1, 0.15) is 24.0 Å². The third-order valence-electron chi connectivity index (χ3n) is 4.01. The summed E-state index contributed by atoms with van der Waals surface area (Å²) in [5.41, 5.74) is 2.47. The molecule has 0 bridgehead atoms. The van der Waals surface area contributed by atoms with Gasteiger partial charge < -0.3 is 5.32 Å². The van der Waals surface area contributed by atoms with Gasteiger partial charge in [0.15, 0.2) is 0 Å². The van der Waals surface area contributed by atoms with Crippen molar-refractivity contribution in [2.24, 2.45) is 0 Å². The number of rotatable bonds is 5. The smallest absolute Gasteiger partial charge is 0.123 e. The van der Waals surface area contributed by atoms with Crippen molar-refractivity contribution in [3.8, 4) is 0 Å². The molecule has 0 atom stereocenters. The van der Waals surface area contributed by atoms with Gasteiger partial charge in [-0.3, -0.25) is 0 Å². The van der Waals surface area contributed by atoms with Crippen molar-refractivity contribution in [3.63, 3.8) is 0 Å². The Hall–Kier alpha value is -1.39. The Bertz CT molecular complexity index is 594. The third-order valence-corrected chi connectivity index (χ3v) is 5.41. The number of hydrogen-bond donors (Lipinski definition) is 1. The summed E-state index contributed by atoms with van der Waals surface area (Å²) in [6.45, 7) is 2.21. The molecule has 3 rings (SSSR count). The molecule has 0 radical (unpaired) electrons. The van der Waals surface area contributed by atoms with Gasteiger partial charge in [-0.2, -0.15) is 0 Å². The van der Waals surface area contributed by atoms with Gasteiger partial charge in [-0.25, -0.2) is 9.37 Å². The topological polar surface area (TPSA) is 24.9 Å². The van der Waals surface area contributed by atoms with E-state index in [-0.39, 0.29) is 5.82 Å². The van der Waals surface area contributed by atoms with E-state index in [2.05, 4.69) is 16.4 Å². The van der Waals surface area contributed by atoms with Crippen LogP contribution in [0.25, 0.3) is 0 Å². The number of piperidine rings is 1. The first kappa shape index (κ1) is 15.5. The van der Waals surface area contributed by atoms with E-state index in [1.165, 1.54) is 36.1 Å². The molecule has 0 unspecified atom stereocenters. The van der Waals surface area contributed by atoms with Gasteiger partial charge >= 0.3 is 0 Å². The van der Waals surface area contributed by atoms with Crippen LogP contribution in [-0.2, 0) is 12.8 Å². The monoisotopic (exact) mass is 316 g/mol. The van der Waals surface area contributed by atoms with E-state index < -0.39 is 0 Å². The fourth-order valence-corrected chi connectivity index (χ4v) is 3.95. The molecule has 0 saturated carbocycles. The van der Waals surface area contributed by atoms with Gasteiger partial charge in [-0.1, -0.05) is 18.2 Å². The molecular weight excluding hydrogens is 295 g/mol. The van der Waals surface area contributed by atoms with E-state index in [9.17, 15) is 4.39 Å². The lowest BCUT2D eigenvalue weighted by Crippen LogP contribution is -2.29. The maximum atomic E-state index is 13.0. The van der Waals surface area contributed by atoms with Gasteiger partial charge in [-0.15, -0.1) is 11.8 Å². The predicted molar refractivity (Wildman–Crippen MR) is 89.8 cm³/mol. The van der Waals surface area contributed by atoms with E-state index >= 15 is 0 Å². The van der Waals surface area contributed by atoms with E-state index in [1.807, 2.05) is 36.2 Å². The van der Waals surface area contributed by atoms with Crippen molar-refractivity contribution in [2.45, 2.75) is 36.0 Å². The van der Waals surface area contributed by atoms with Crippen molar-refractivity contribution in [1.29, 1.82) is 0 Å². The molecule has 1 N–H and O–H groups in total. The van der Waals surface area contributed by atoms with Gasteiger partial charge in [-0.05, 0) is 68.1 Å². The van der Waals surface area contributed by atoms with Gasteiger partial charge in [0, 0.05) is 11.4 Å². The number of nitrogens with zero attached hydrogens (tertiary/aromatic N) is 1. The minimum Gasteiger partial charge on any atom is -0.317 e.